The second kappa shape index (κ2) is 7.22. The van der Waals surface area contributed by atoms with Gasteiger partial charge in [-0.1, -0.05) is 65.7 Å². The Morgan fingerprint density at radius 3 is 2.44 bits per heavy atom. The van der Waals surface area contributed by atoms with Crippen LogP contribution in [0.1, 0.15) is 15.9 Å². The summed E-state index contributed by atoms with van der Waals surface area (Å²) < 4.78 is 0. The van der Waals surface area contributed by atoms with Gasteiger partial charge in [-0.25, -0.2) is 4.98 Å². The molecule has 1 N–H and O–H groups in total. The van der Waals surface area contributed by atoms with Crippen LogP contribution in [0.3, 0.4) is 0 Å². The monoisotopic (exact) mass is 372 g/mol. The number of hydrogen-bond donors (Lipinski definition) is 1. The number of para-hydroxylation sites is 1. The highest BCUT2D eigenvalue weighted by Gasteiger charge is 2.15. The molecule has 0 saturated carbocycles. The predicted molar refractivity (Wildman–Crippen MR) is 111 cm³/mol. The van der Waals surface area contributed by atoms with E-state index in [-0.39, 0.29) is 5.91 Å². The quantitative estimate of drug-likeness (QED) is 0.471. The molecule has 0 aliphatic carbocycles. The highest BCUT2D eigenvalue weighted by molar-refractivity contribution is 6.34. The van der Waals surface area contributed by atoms with Crippen molar-refractivity contribution in [3.8, 4) is 11.3 Å². The van der Waals surface area contributed by atoms with Crippen LogP contribution in [-0.4, -0.2) is 10.9 Å². The molecule has 1 aromatic heterocycles. The molecule has 132 valence electrons. The van der Waals surface area contributed by atoms with Gasteiger partial charge in [-0.3, -0.25) is 4.79 Å². The normalized spacial score (nSPS) is 10.7. The van der Waals surface area contributed by atoms with Crippen LogP contribution in [0.25, 0.3) is 22.2 Å². The molecule has 4 heteroatoms. The van der Waals surface area contributed by atoms with Crippen LogP contribution in [0, 0.1) is 6.92 Å². The molecule has 1 heterocycles. The van der Waals surface area contributed by atoms with Crippen LogP contribution in [0.5, 0.6) is 0 Å². The van der Waals surface area contributed by atoms with Gasteiger partial charge < -0.3 is 5.32 Å². The number of amides is 1. The van der Waals surface area contributed by atoms with Gasteiger partial charge in [0.25, 0.3) is 5.91 Å². The van der Waals surface area contributed by atoms with E-state index in [1.54, 1.807) is 12.1 Å². The van der Waals surface area contributed by atoms with E-state index < -0.39 is 0 Å². The summed E-state index contributed by atoms with van der Waals surface area (Å²) in [5, 5.41) is 4.24. The predicted octanol–water partition coefficient (Wildman–Crippen LogP) is 6.12. The number of anilines is 1. The average Bonchev–Trinajstić information content (AvgIpc) is 2.69. The molecule has 0 aliphatic rings. The Balaban J connectivity index is 1.85. The minimum atomic E-state index is -0.210. The molecule has 3 aromatic carbocycles. The Hall–Kier alpha value is -3.17. The number of carbonyl (C=O) groups excluding carboxylic acids is 1. The van der Waals surface area contributed by atoms with Gasteiger partial charge in [0, 0.05) is 10.9 Å². The van der Waals surface area contributed by atoms with E-state index in [4.69, 9.17) is 16.6 Å². The summed E-state index contributed by atoms with van der Waals surface area (Å²) in [6, 6.07) is 24.8. The van der Waals surface area contributed by atoms with Gasteiger partial charge in [-0.05, 0) is 37.3 Å². The minimum Gasteiger partial charge on any atom is -0.321 e. The van der Waals surface area contributed by atoms with Crippen LogP contribution in [-0.2, 0) is 0 Å². The Morgan fingerprint density at radius 2 is 1.67 bits per heavy atom. The highest BCUT2D eigenvalue weighted by Crippen LogP contribution is 2.27. The Kier molecular flexibility index (Phi) is 4.61. The number of aromatic nitrogens is 1. The van der Waals surface area contributed by atoms with Crippen molar-refractivity contribution in [2.45, 2.75) is 6.92 Å². The van der Waals surface area contributed by atoms with Gasteiger partial charge in [-0.15, -0.1) is 0 Å². The summed E-state index contributed by atoms with van der Waals surface area (Å²) >= 11 is 6.20. The molecule has 0 atom stereocenters. The molecular weight excluding hydrogens is 356 g/mol. The molecular formula is C23H17ClN2O. The first-order valence-electron chi connectivity index (χ1n) is 8.64. The van der Waals surface area contributed by atoms with E-state index >= 15 is 0 Å². The van der Waals surface area contributed by atoms with Gasteiger partial charge in [0.1, 0.15) is 0 Å². The maximum Gasteiger partial charge on any atom is 0.256 e. The molecule has 4 aromatic rings. The lowest BCUT2D eigenvalue weighted by atomic mass is 10.0. The molecule has 0 fully saturated rings. The molecule has 0 unspecified atom stereocenters. The number of benzene rings is 3. The number of rotatable bonds is 3. The fraction of sp³-hybridized carbons (Fsp3) is 0.0435. The van der Waals surface area contributed by atoms with Gasteiger partial charge in [0.15, 0.2) is 0 Å². The summed E-state index contributed by atoms with van der Waals surface area (Å²) in [5.41, 5.74) is 4.74. The van der Waals surface area contributed by atoms with Crippen LogP contribution in [0.15, 0.2) is 78.9 Å². The van der Waals surface area contributed by atoms with E-state index in [9.17, 15) is 4.79 Å². The third-order valence-electron chi connectivity index (χ3n) is 4.40. The largest absolute Gasteiger partial charge is 0.321 e. The van der Waals surface area contributed by atoms with E-state index in [1.165, 1.54) is 0 Å². The molecule has 0 spiro atoms. The summed E-state index contributed by atoms with van der Waals surface area (Å²) in [4.78, 5) is 17.8. The zero-order valence-corrected chi connectivity index (χ0v) is 15.5. The van der Waals surface area contributed by atoms with Gasteiger partial charge in [0.2, 0.25) is 0 Å². The summed E-state index contributed by atoms with van der Waals surface area (Å²) in [6.07, 6.45) is 0. The first-order chi connectivity index (χ1) is 13.1. The molecule has 0 aliphatic heterocycles. The number of carbonyl (C=O) groups is 1. The third-order valence-corrected chi connectivity index (χ3v) is 4.73. The molecule has 0 saturated heterocycles. The topological polar surface area (TPSA) is 42.0 Å². The van der Waals surface area contributed by atoms with Crippen molar-refractivity contribution in [3.05, 3.63) is 95.0 Å². The van der Waals surface area contributed by atoms with Crippen molar-refractivity contribution in [1.29, 1.82) is 0 Å². The van der Waals surface area contributed by atoms with Gasteiger partial charge >= 0.3 is 0 Å². The fourth-order valence-electron chi connectivity index (χ4n) is 3.04. The fourth-order valence-corrected chi connectivity index (χ4v) is 3.22. The highest BCUT2D eigenvalue weighted by atomic mass is 35.5. The average molecular weight is 373 g/mol. The lowest BCUT2D eigenvalue weighted by Gasteiger charge is -2.12. The van der Waals surface area contributed by atoms with Crippen molar-refractivity contribution in [3.63, 3.8) is 0 Å². The molecule has 4 rings (SSSR count). The first-order valence-corrected chi connectivity index (χ1v) is 9.02. The van der Waals surface area contributed by atoms with Crippen molar-refractivity contribution in [2.24, 2.45) is 0 Å². The van der Waals surface area contributed by atoms with Crippen LogP contribution in [0.2, 0.25) is 5.02 Å². The van der Waals surface area contributed by atoms with Crippen molar-refractivity contribution in [1.82, 2.24) is 4.98 Å². The lowest BCUT2D eigenvalue weighted by molar-refractivity contribution is 0.102. The van der Waals surface area contributed by atoms with Crippen molar-refractivity contribution in [2.75, 3.05) is 5.32 Å². The molecule has 0 radical (unpaired) electrons. The number of hydrogen-bond acceptors (Lipinski definition) is 2. The van der Waals surface area contributed by atoms with Crippen LogP contribution < -0.4 is 5.32 Å². The smallest absolute Gasteiger partial charge is 0.256 e. The maximum absolute atomic E-state index is 13.1. The Morgan fingerprint density at radius 1 is 0.926 bits per heavy atom. The minimum absolute atomic E-state index is 0.210. The molecule has 1 amide bonds. The summed E-state index contributed by atoms with van der Waals surface area (Å²) in [5.74, 6) is -0.210. The zero-order chi connectivity index (χ0) is 18.8. The second-order valence-corrected chi connectivity index (χ2v) is 6.78. The summed E-state index contributed by atoms with van der Waals surface area (Å²) in [6.45, 7) is 2.00. The lowest BCUT2D eigenvalue weighted by Crippen LogP contribution is -2.13. The Bertz CT molecular complexity index is 1140. The number of pyridine rings is 1. The second-order valence-electron chi connectivity index (χ2n) is 6.38. The molecule has 27 heavy (non-hydrogen) atoms. The van der Waals surface area contributed by atoms with E-state index in [2.05, 4.69) is 5.32 Å². The molecule has 3 nitrogen and oxygen atoms in total. The number of halogens is 1. The van der Waals surface area contributed by atoms with Crippen molar-refractivity contribution >= 4 is 34.1 Å². The van der Waals surface area contributed by atoms with E-state index in [0.29, 0.717) is 16.3 Å². The molecule has 0 bridgehead atoms. The zero-order valence-electron chi connectivity index (χ0n) is 14.7. The van der Waals surface area contributed by atoms with E-state index in [1.807, 2.05) is 73.7 Å². The van der Waals surface area contributed by atoms with Crippen LogP contribution >= 0.6 is 11.6 Å². The number of aryl methyl sites for hydroxylation is 1. The standard InChI is InChI=1S/C23H17ClN2O/c1-15-11-12-20-17(13-15)18(14-22(25-20)16-7-3-2-4-8-16)23(27)26-21-10-6-5-9-19(21)24/h2-14H,1H3,(H,26,27). The van der Waals surface area contributed by atoms with Crippen molar-refractivity contribution < 1.29 is 4.79 Å². The van der Waals surface area contributed by atoms with Crippen LogP contribution in [0.4, 0.5) is 5.69 Å². The SMILES string of the molecule is Cc1ccc2nc(-c3ccccc3)cc(C(=O)Nc3ccccc3Cl)c2c1. The van der Waals surface area contributed by atoms with E-state index in [0.717, 1.165) is 27.7 Å². The third kappa shape index (κ3) is 3.55. The first kappa shape index (κ1) is 17.3. The maximum atomic E-state index is 13.1. The number of nitrogens with one attached hydrogen (secondary N) is 1. The number of fused-ring (bicyclic) bond motifs is 1. The van der Waals surface area contributed by atoms with Gasteiger partial charge in [0.05, 0.1) is 27.5 Å². The van der Waals surface area contributed by atoms with Gasteiger partial charge in [-0.2, -0.15) is 0 Å². The number of nitrogens with zero attached hydrogens (tertiary/aromatic N) is 1. The summed E-state index contributed by atoms with van der Waals surface area (Å²) in [7, 11) is 0. The Labute approximate surface area is 162 Å².